The Balaban J connectivity index is 0.000001000. The van der Waals surface area contributed by atoms with Gasteiger partial charge in [-0.05, 0) is 24.2 Å². The van der Waals surface area contributed by atoms with Gasteiger partial charge in [0.05, 0.1) is 0 Å². The summed E-state index contributed by atoms with van der Waals surface area (Å²) in [5, 5.41) is 0. The minimum absolute atomic E-state index is 0. The number of hydrogen-bond donors (Lipinski definition) is 0. The third-order valence-corrected chi connectivity index (χ3v) is 2.36. The molecule has 1 aliphatic rings. The molecule has 0 radical (unpaired) electrons. The maximum atomic E-state index is 2.38. The van der Waals surface area contributed by atoms with Crippen LogP contribution in [0.5, 0.6) is 0 Å². The predicted octanol–water partition coefficient (Wildman–Crippen LogP) is 4.02. The molecule has 0 aliphatic heterocycles. The topological polar surface area (TPSA) is 0 Å². The Morgan fingerprint density at radius 2 is 2.00 bits per heavy atom. The molecular weight excluding hydrogens is 132 g/mol. The fourth-order valence-electron chi connectivity index (χ4n) is 1.48. The SMILES string of the molecule is C.CC1C=CC(C)(C)CCC1. The van der Waals surface area contributed by atoms with Crippen LogP contribution in [-0.2, 0) is 0 Å². The van der Waals surface area contributed by atoms with E-state index in [9.17, 15) is 0 Å². The van der Waals surface area contributed by atoms with Crippen LogP contribution in [0.2, 0.25) is 0 Å². The van der Waals surface area contributed by atoms with E-state index in [1.165, 1.54) is 19.3 Å². The summed E-state index contributed by atoms with van der Waals surface area (Å²) < 4.78 is 0. The highest BCUT2D eigenvalue weighted by Gasteiger charge is 2.16. The highest BCUT2D eigenvalue weighted by Crippen LogP contribution is 2.30. The Morgan fingerprint density at radius 1 is 1.36 bits per heavy atom. The maximum Gasteiger partial charge on any atom is -0.0175 e. The van der Waals surface area contributed by atoms with Gasteiger partial charge in [0.2, 0.25) is 0 Å². The highest BCUT2D eigenvalue weighted by molar-refractivity contribution is 4.99. The molecule has 0 N–H and O–H groups in total. The van der Waals surface area contributed by atoms with Gasteiger partial charge in [0.1, 0.15) is 0 Å². The van der Waals surface area contributed by atoms with Crippen molar-refractivity contribution in [2.45, 2.75) is 47.5 Å². The second-order valence-electron chi connectivity index (χ2n) is 4.22. The molecule has 0 amide bonds. The molecule has 0 saturated heterocycles. The van der Waals surface area contributed by atoms with Crippen LogP contribution in [0, 0.1) is 11.3 Å². The van der Waals surface area contributed by atoms with Crippen molar-refractivity contribution < 1.29 is 0 Å². The Labute approximate surface area is 71.7 Å². The fourth-order valence-corrected chi connectivity index (χ4v) is 1.48. The zero-order valence-electron chi connectivity index (χ0n) is 7.35. The summed E-state index contributed by atoms with van der Waals surface area (Å²) in [6.45, 7) is 6.95. The van der Waals surface area contributed by atoms with E-state index in [1.54, 1.807) is 0 Å². The first kappa shape index (κ1) is 10.7. The molecule has 0 saturated carbocycles. The maximum absolute atomic E-state index is 2.38. The highest BCUT2D eigenvalue weighted by atomic mass is 14.2. The van der Waals surface area contributed by atoms with Crippen LogP contribution in [0.1, 0.15) is 47.5 Å². The summed E-state index contributed by atoms with van der Waals surface area (Å²) in [6, 6.07) is 0. The van der Waals surface area contributed by atoms with Gasteiger partial charge in [0.15, 0.2) is 0 Å². The minimum atomic E-state index is 0. The van der Waals surface area contributed by atoms with Crippen molar-refractivity contribution in [2.24, 2.45) is 11.3 Å². The Hall–Kier alpha value is -0.260. The Morgan fingerprint density at radius 3 is 2.64 bits per heavy atom. The molecule has 0 spiro atoms. The zero-order chi connectivity index (χ0) is 7.61. The van der Waals surface area contributed by atoms with Crippen LogP contribution in [0.3, 0.4) is 0 Å². The van der Waals surface area contributed by atoms with E-state index in [1.807, 2.05) is 0 Å². The summed E-state index contributed by atoms with van der Waals surface area (Å²) in [5.41, 5.74) is 0.463. The molecule has 1 unspecified atom stereocenters. The average Bonchev–Trinajstić information content (AvgIpc) is 1.94. The summed E-state index contributed by atoms with van der Waals surface area (Å²) >= 11 is 0. The fraction of sp³-hybridized carbons (Fsp3) is 0.818. The van der Waals surface area contributed by atoms with E-state index in [-0.39, 0.29) is 7.43 Å². The van der Waals surface area contributed by atoms with Gasteiger partial charge in [-0.3, -0.25) is 0 Å². The smallest absolute Gasteiger partial charge is 0.0175 e. The molecule has 1 aliphatic carbocycles. The third-order valence-electron chi connectivity index (χ3n) is 2.36. The van der Waals surface area contributed by atoms with Crippen molar-refractivity contribution in [2.75, 3.05) is 0 Å². The van der Waals surface area contributed by atoms with Gasteiger partial charge in [0, 0.05) is 0 Å². The second kappa shape index (κ2) is 3.94. The molecule has 11 heavy (non-hydrogen) atoms. The van der Waals surface area contributed by atoms with Crippen LogP contribution < -0.4 is 0 Å². The van der Waals surface area contributed by atoms with E-state index in [2.05, 4.69) is 32.9 Å². The van der Waals surface area contributed by atoms with E-state index in [0.717, 1.165) is 5.92 Å². The lowest BCUT2D eigenvalue weighted by molar-refractivity contribution is 0.419. The van der Waals surface area contributed by atoms with Crippen LogP contribution in [-0.4, -0.2) is 0 Å². The van der Waals surface area contributed by atoms with Crippen molar-refractivity contribution in [3.05, 3.63) is 12.2 Å². The summed E-state index contributed by atoms with van der Waals surface area (Å²) in [5.74, 6) is 0.807. The predicted molar refractivity (Wildman–Crippen MR) is 52.7 cm³/mol. The van der Waals surface area contributed by atoms with Crippen molar-refractivity contribution in [3.63, 3.8) is 0 Å². The number of hydrogen-bond acceptors (Lipinski definition) is 0. The zero-order valence-corrected chi connectivity index (χ0v) is 7.35. The summed E-state index contributed by atoms with van der Waals surface area (Å²) in [4.78, 5) is 0. The lowest BCUT2D eigenvalue weighted by Gasteiger charge is -2.17. The second-order valence-corrected chi connectivity index (χ2v) is 4.22. The van der Waals surface area contributed by atoms with Gasteiger partial charge in [-0.2, -0.15) is 0 Å². The molecule has 66 valence electrons. The third kappa shape index (κ3) is 3.60. The van der Waals surface area contributed by atoms with Crippen LogP contribution in [0.4, 0.5) is 0 Å². The first-order chi connectivity index (χ1) is 4.60. The molecular formula is C11H22. The number of allylic oxidation sites excluding steroid dienone is 2. The largest absolute Gasteiger partial charge is 0.0852 e. The van der Waals surface area contributed by atoms with E-state index < -0.39 is 0 Å². The summed E-state index contributed by atoms with van der Waals surface area (Å²) in [6.07, 6.45) is 8.87. The van der Waals surface area contributed by atoms with Gasteiger partial charge in [-0.25, -0.2) is 0 Å². The first-order valence-corrected chi connectivity index (χ1v) is 4.29. The molecule has 0 aromatic carbocycles. The number of rotatable bonds is 0. The quantitative estimate of drug-likeness (QED) is 0.462. The molecule has 0 heteroatoms. The minimum Gasteiger partial charge on any atom is -0.0852 e. The molecule has 0 aromatic heterocycles. The standard InChI is InChI=1S/C10H18.CH4/c1-9-5-4-7-10(2,3)8-6-9;/h6,8-9H,4-5,7H2,1-3H3;1H4. The first-order valence-electron chi connectivity index (χ1n) is 4.29. The van der Waals surface area contributed by atoms with Crippen LogP contribution in [0.15, 0.2) is 12.2 Å². The molecule has 0 aromatic rings. The van der Waals surface area contributed by atoms with Gasteiger partial charge < -0.3 is 0 Å². The van der Waals surface area contributed by atoms with Crippen molar-refractivity contribution in [1.29, 1.82) is 0 Å². The summed E-state index contributed by atoms with van der Waals surface area (Å²) in [7, 11) is 0. The average molecular weight is 154 g/mol. The lowest BCUT2D eigenvalue weighted by Crippen LogP contribution is -2.04. The van der Waals surface area contributed by atoms with Gasteiger partial charge in [-0.15, -0.1) is 0 Å². The van der Waals surface area contributed by atoms with Crippen molar-refractivity contribution in [1.82, 2.24) is 0 Å². The Bertz CT molecular complexity index is 131. The van der Waals surface area contributed by atoms with E-state index in [4.69, 9.17) is 0 Å². The molecule has 0 bridgehead atoms. The molecule has 0 nitrogen and oxygen atoms in total. The van der Waals surface area contributed by atoms with Gasteiger partial charge in [-0.1, -0.05) is 46.8 Å². The van der Waals surface area contributed by atoms with Crippen LogP contribution >= 0.6 is 0 Å². The van der Waals surface area contributed by atoms with Gasteiger partial charge >= 0.3 is 0 Å². The van der Waals surface area contributed by atoms with Crippen molar-refractivity contribution >= 4 is 0 Å². The van der Waals surface area contributed by atoms with E-state index in [0.29, 0.717) is 5.41 Å². The monoisotopic (exact) mass is 154 g/mol. The lowest BCUT2D eigenvalue weighted by atomic mass is 9.89. The van der Waals surface area contributed by atoms with E-state index >= 15 is 0 Å². The molecule has 0 heterocycles. The Kier molecular flexibility index (Phi) is 3.85. The molecule has 0 fully saturated rings. The van der Waals surface area contributed by atoms with Gasteiger partial charge in [0.25, 0.3) is 0 Å². The molecule has 1 rings (SSSR count). The molecule has 1 atom stereocenters. The van der Waals surface area contributed by atoms with Crippen LogP contribution in [0.25, 0.3) is 0 Å². The van der Waals surface area contributed by atoms with Crippen molar-refractivity contribution in [3.8, 4) is 0 Å². The normalized spacial score (nSPS) is 28.8.